The number of fused-ring (bicyclic) bond motifs is 1. The van der Waals surface area contributed by atoms with Crippen LogP contribution in [0.25, 0.3) is 5.57 Å². The zero-order chi connectivity index (χ0) is 26.1. The molecule has 3 aliphatic rings. The van der Waals surface area contributed by atoms with E-state index < -0.39 is 0 Å². The van der Waals surface area contributed by atoms with Crippen LogP contribution in [0.1, 0.15) is 65.7 Å². The van der Waals surface area contributed by atoms with Gasteiger partial charge in [-0.25, -0.2) is 0 Å². The number of rotatable bonds is 8. The number of amides is 2. The lowest BCUT2D eigenvalue weighted by molar-refractivity contribution is -0.110. The molecule has 3 N–H and O–H groups in total. The normalized spacial score (nSPS) is 19.0. The van der Waals surface area contributed by atoms with Crippen LogP contribution in [0.3, 0.4) is 0 Å². The summed E-state index contributed by atoms with van der Waals surface area (Å²) < 4.78 is 0. The summed E-state index contributed by atoms with van der Waals surface area (Å²) in [7, 11) is 0. The van der Waals surface area contributed by atoms with Gasteiger partial charge >= 0.3 is 0 Å². The van der Waals surface area contributed by atoms with Gasteiger partial charge in [0.15, 0.2) is 0 Å². The van der Waals surface area contributed by atoms with Crippen molar-refractivity contribution in [3.63, 3.8) is 0 Å². The fourth-order valence-corrected chi connectivity index (χ4v) is 5.47. The quantitative estimate of drug-likeness (QED) is 0.330. The highest BCUT2D eigenvalue weighted by Crippen LogP contribution is 2.44. The number of nitrogens with zero attached hydrogens (tertiary/aromatic N) is 1. The number of hydrogen-bond donors (Lipinski definition) is 3. The summed E-state index contributed by atoms with van der Waals surface area (Å²) in [5.41, 5.74) is 7.01. The van der Waals surface area contributed by atoms with Crippen LogP contribution >= 0.6 is 0 Å². The van der Waals surface area contributed by atoms with Crippen molar-refractivity contribution in [2.45, 2.75) is 45.2 Å². The predicted molar refractivity (Wildman–Crippen MR) is 152 cm³/mol. The Hall–Kier alpha value is -3.90. The van der Waals surface area contributed by atoms with Crippen molar-refractivity contribution in [1.29, 1.82) is 0 Å². The van der Waals surface area contributed by atoms with Gasteiger partial charge in [-0.2, -0.15) is 0 Å². The lowest BCUT2D eigenvalue weighted by atomic mass is 9.99. The zero-order valence-electron chi connectivity index (χ0n) is 21.8. The molecule has 0 radical (unpaired) electrons. The van der Waals surface area contributed by atoms with E-state index in [0.717, 1.165) is 47.6 Å². The van der Waals surface area contributed by atoms with Crippen molar-refractivity contribution >= 4 is 28.8 Å². The zero-order valence-corrected chi connectivity index (χ0v) is 21.8. The van der Waals surface area contributed by atoms with Crippen molar-refractivity contribution in [2.75, 3.05) is 23.7 Å². The van der Waals surface area contributed by atoms with E-state index in [1.54, 1.807) is 6.07 Å². The van der Waals surface area contributed by atoms with Gasteiger partial charge in [-0.3, -0.25) is 14.5 Å². The molecule has 0 aromatic heterocycles. The van der Waals surface area contributed by atoms with Gasteiger partial charge in [0.1, 0.15) is 0 Å². The monoisotopic (exact) mass is 506 g/mol. The molecule has 0 spiro atoms. The van der Waals surface area contributed by atoms with Crippen LogP contribution in [0.15, 0.2) is 78.5 Å². The number of hydrogen-bond acceptors (Lipinski definition) is 4. The highest BCUT2D eigenvalue weighted by molar-refractivity contribution is 6.32. The Bertz CT molecular complexity index is 1370. The third-order valence-corrected chi connectivity index (χ3v) is 7.77. The Morgan fingerprint density at radius 1 is 1.00 bits per heavy atom. The Labute approximate surface area is 224 Å². The second kappa shape index (κ2) is 10.5. The van der Waals surface area contributed by atoms with Crippen LogP contribution in [0.4, 0.5) is 11.4 Å². The number of carbonyl (C=O) groups excluding carboxylic acids is 2. The van der Waals surface area contributed by atoms with Gasteiger partial charge in [-0.15, -0.1) is 0 Å². The minimum Gasteiger partial charge on any atom is -0.358 e. The second-order valence-electron chi connectivity index (χ2n) is 10.7. The number of benzene rings is 3. The Morgan fingerprint density at radius 3 is 2.45 bits per heavy atom. The topological polar surface area (TPSA) is 73.5 Å². The number of anilines is 2. The molecule has 1 saturated heterocycles. The molecule has 2 heterocycles. The molecule has 2 aliphatic heterocycles. The van der Waals surface area contributed by atoms with Gasteiger partial charge < -0.3 is 16.0 Å². The van der Waals surface area contributed by atoms with Gasteiger partial charge in [0.25, 0.3) is 11.8 Å². The molecule has 1 saturated carbocycles. The lowest BCUT2D eigenvalue weighted by Crippen LogP contribution is -2.26. The smallest absolute Gasteiger partial charge is 0.258 e. The van der Waals surface area contributed by atoms with E-state index in [1.165, 1.54) is 31.5 Å². The Kier molecular flexibility index (Phi) is 6.73. The van der Waals surface area contributed by atoms with Crippen LogP contribution in [0, 0.1) is 5.92 Å². The third kappa shape index (κ3) is 5.22. The molecule has 6 nitrogen and oxygen atoms in total. The van der Waals surface area contributed by atoms with E-state index in [9.17, 15) is 9.59 Å². The Morgan fingerprint density at radius 2 is 1.74 bits per heavy atom. The minimum atomic E-state index is -0.155. The molecular formula is C32H34N4O2. The molecule has 6 heteroatoms. The average molecular weight is 507 g/mol. The van der Waals surface area contributed by atoms with Gasteiger partial charge in [0, 0.05) is 34.7 Å². The standard InChI is InChI=1S/C32H34N4O2/c1-21(23-7-3-2-4-8-23)33-31(37)25-13-16-28-27(19-25)29(32(38)35-28)30(24-11-12-24)34-26-14-9-22(10-15-26)20-36-17-5-6-18-36/h2-4,7-10,13-16,19,21,24,34H,5-6,11-12,17-18,20H2,1H3,(H,33,37)(H,35,38)/t21-/m1/s1. The molecule has 6 rings (SSSR count). The van der Waals surface area contributed by atoms with Crippen molar-refractivity contribution in [1.82, 2.24) is 10.2 Å². The van der Waals surface area contributed by atoms with Gasteiger partial charge in [-0.05, 0) is 93.1 Å². The maximum atomic E-state index is 13.2. The van der Waals surface area contributed by atoms with E-state index in [-0.39, 0.29) is 17.9 Å². The summed E-state index contributed by atoms with van der Waals surface area (Å²) in [6.45, 7) is 5.32. The van der Waals surface area contributed by atoms with Crippen LogP contribution in [-0.2, 0) is 11.3 Å². The number of allylic oxidation sites excluding steroid dienone is 1. The highest BCUT2D eigenvalue weighted by Gasteiger charge is 2.35. The largest absolute Gasteiger partial charge is 0.358 e. The van der Waals surface area contributed by atoms with Crippen molar-refractivity contribution in [3.8, 4) is 0 Å². The molecule has 1 aliphatic carbocycles. The number of likely N-dealkylation sites (tertiary alicyclic amines) is 1. The SMILES string of the molecule is C[C@@H](NC(=O)c1ccc2c(c1)C(=C(Nc1ccc(CN3CCCC3)cc1)C1CC1)C(=O)N2)c1ccccc1. The van der Waals surface area contributed by atoms with Crippen LogP contribution < -0.4 is 16.0 Å². The first-order valence-corrected chi connectivity index (χ1v) is 13.7. The summed E-state index contributed by atoms with van der Waals surface area (Å²) in [4.78, 5) is 28.8. The highest BCUT2D eigenvalue weighted by atomic mass is 16.2. The summed E-state index contributed by atoms with van der Waals surface area (Å²) in [5, 5.41) is 9.67. The maximum absolute atomic E-state index is 13.2. The van der Waals surface area contributed by atoms with Crippen LogP contribution in [0.2, 0.25) is 0 Å². The van der Waals surface area contributed by atoms with E-state index >= 15 is 0 Å². The lowest BCUT2D eigenvalue weighted by Gasteiger charge is -2.17. The summed E-state index contributed by atoms with van der Waals surface area (Å²) >= 11 is 0. The first-order chi connectivity index (χ1) is 18.5. The van der Waals surface area contributed by atoms with Gasteiger partial charge in [0.2, 0.25) is 0 Å². The van der Waals surface area contributed by atoms with Gasteiger partial charge in [-0.1, -0.05) is 42.5 Å². The minimum absolute atomic E-state index is 0.115. The number of nitrogens with one attached hydrogen (secondary N) is 3. The molecule has 3 aromatic carbocycles. The maximum Gasteiger partial charge on any atom is 0.258 e. The van der Waals surface area contributed by atoms with E-state index in [2.05, 4.69) is 45.1 Å². The predicted octanol–water partition coefficient (Wildman–Crippen LogP) is 5.96. The van der Waals surface area contributed by atoms with E-state index in [1.807, 2.05) is 49.4 Å². The third-order valence-electron chi connectivity index (χ3n) is 7.77. The average Bonchev–Trinajstić information content (AvgIpc) is 3.55. The van der Waals surface area contributed by atoms with Crippen LogP contribution in [0.5, 0.6) is 0 Å². The fourth-order valence-electron chi connectivity index (χ4n) is 5.47. The first kappa shape index (κ1) is 24.4. The molecule has 194 valence electrons. The van der Waals surface area contributed by atoms with Gasteiger partial charge in [0.05, 0.1) is 11.6 Å². The summed E-state index contributed by atoms with van der Waals surface area (Å²) in [6, 6.07) is 23.8. The number of carbonyl (C=O) groups is 2. The van der Waals surface area contributed by atoms with E-state index in [0.29, 0.717) is 17.1 Å². The van der Waals surface area contributed by atoms with Crippen LogP contribution in [-0.4, -0.2) is 29.8 Å². The molecule has 2 fully saturated rings. The molecular weight excluding hydrogens is 472 g/mol. The van der Waals surface area contributed by atoms with E-state index in [4.69, 9.17) is 0 Å². The first-order valence-electron chi connectivity index (χ1n) is 13.7. The summed E-state index contributed by atoms with van der Waals surface area (Å²) in [5.74, 6) is 0.0502. The molecule has 38 heavy (non-hydrogen) atoms. The Balaban J connectivity index is 1.24. The second-order valence-corrected chi connectivity index (χ2v) is 10.7. The molecule has 0 unspecified atom stereocenters. The fraction of sp³-hybridized carbons (Fsp3) is 0.312. The van der Waals surface area contributed by atoms with Crippen molar-refractivity contribution in [2.24, 2.45) is 5.92 Å². The molecule has 2 amide bonds. The molecule has 1 atom stereocenters. The van der Waals surface area contributed by atoms with Crippen molar-refractivity contribution < 1.29 is 9.59 Å². The molecule has 3 aromatic rings. The molecule has 0 bridgehead atoms. The van der Waals surface area contributed by atoms with Crippen molar-refractivity contribution in [3.05, 3.63) is 101 Å². The summed E-state index contributed by atoms with van der Waals surface area (Å²) in [6.07, 6.45) is 4.68.